The number of alkyl halides is 3. The Hall–Kier alpha value is -3.75. The minimum absolute atomic E-state index is 0.280. The molecule has 0 aliphatic carbocycles. The predicted molar refractivity (Wildman–Crippen MR) is 109 cm³/mol. The number of aromatic nitrogens is 3. The lowest BCUT2D eigenvalue weighted by Gasteiger charge is -2.10. The Balaban J connectivity index is 1.48. The van der Waals surface area contributed by atoms with Crippen LogP contribution in [-0.2, 0) is 13.6 Å². The van der Waals surface area contributed by atoms with Crippen LogP contribution >= 0.6 is 0 Å². The van der Waals surface area contributed by atoms with Gasteiger partial charge in [-0.1, -0.05) is 30.3 Å². The molecule has 0 fully saturated rings. The first-order valence-electron chi connectivity index (χ1n) is 9.10. The summed E-state index contributed by atoms with van der Waals surface area (Å²) in [5.74, 6) is 0.975. The monoisotopic (exact) mass is 413 g/mol. The van der Waals surface area contributed by atoms with Crippen LogP contribution in [0.4, 0.5) is 30.6 Å². The Labute approximate surface area is 170 Å². The van der Waals surface area contributed by atoms with Gasteiger partial charge in [0.15, 0.2) is 0 Å². The molecular formula is C21H18F3N5O. The molecule has 154 valence electrons. The van der Waals surface area contributed by atoms with Crippen molar-refractivity contribution >= 4 is 28.5 Å². The van der Waals surface area contributed by atoms with Gasteiger partial charge >= 0.3 is 6.36 Å². The highest BCUT2D eigenvalue weighted by Crippen LogP contribution is 2.26. The number of nitrogens with zero attached hydrogens (tertiary/aromatic N) is 3. The lowest BCUT2D eigenvalue weighted by atomic mass is 10.2. The van der Waals surface area contributed by atoms with Crippen LogP contribution in [0.15, 0.2) is 66.9 Å². The van der Waals surface area contributed by atoms with Gasteiger partial charge in [-0.3, -0.25) is 0 Å². The zero-order valence-corrected chi connectivity index (χ0v) is 15.9. The van der Waals surface area contributed by atoms with E-state index in [0.717, 1.165) is 16.6 Å². The first-order chi connectivity index (χ1) is 14.4. The normalized spacial score (nSPS) is 11.5. The van der Waals surface area contributed by atoms with Crippen LogP contribution < -0.4 is 15.4 Å². The number of anilines is 3. The molecule has 0 bridgehead atoms. The first kappa shape index (κ1) is 19.6. The molecule has 0 unspecified atom stereocenters. The minimum atomic E-state index is -4.71. The summed E-state index contributed by atoms with van der Waals surface area (Å²) in [5.41, 5.74) is 3.32. The Kier molecular flexibility index (Phi) is 5.18. The van der Waals surface area contributed by atoms with E-state index in [-0.39, 0.29) is 5.75 Å². The van der Waals surface area contributed by atoms with Crippen molar-refractivity contribution < 1.29 is 17.9 Å². The number of hydrogen-bond acceptors (Lipinski definition) is 5. The third-order valence-electron chi connectivity index (χ3n) is 4.42. The molecule has 6 nitrogen and oxygen atoms in total. The summed E-state index contributed by atoms with van der Waals surface area (Å²) in [7, 11) is 1.90. The maximum atomic E-state index is 12.3. The summed E-state index contributed by atoms with van der Waals surface area (Å²) < 4.78 is 42.6. The molecular weight excluding hydrogens is 395 g/mol. The van der Waals surface area contributed by atoms with E-state index < -0.39 is 6.36 Å². The number of benzene rings is 2. The number of imidazole rings is 1. The molecule has 9 heteroatoms. The van der Waals surface area contributed by atoms with E-state index >= 15 is 0 Å². The smallest absolute Gasteiger partial charge is 0.406 e. The van der Waals surface area contributed by atoms with E-state index in [1.165, 1.54) is 24.3 Å². The lowest BCUT2D eigenvalue weighted by molar-refractivity contribution is -0.274. The molecule has 2 heterocycles. The second-order valence-corrected chi connectivity index (χ2v) is 6.59. The van der Waals surface area contributed by atoms with Crippen LogP contribution in [0.3, 0.4) is 0 Å². The van der Waals surface area contributed by atoms with E-state index in [0.29, 0.717) is 24.0 Å². The number of aryl methyl sites for hydroxylation is 1. The molecule has 4 rings (SSSR count). The lowest BCUT2D eigenvalue weighted by Crippen LogP contribution is -2.16. The standard InChI is InChI=1S/C21H18F3N5O/c1-29-18-11-19(27-15-7-9-16(10-8-15)30-21(22,23)24)25-13-17(18)28-20(29)26-12-14-5-3-2-4-6-14/h2-11,13H,12H2,1H3,(H,25,27)(H,26,28). The van der Waals surface area contributed by atoms with Gasteiger partial charge in [0, 0.05) is 25.3 Å². The number of fused-ring (bicyclic) bond motifs is 1. The molecule has 0 saturated carbocycles. The number of rotatable bonds is 6. The molecule has 2 N–H and O–H groups in total. The molecule has 0 amide bonds. The SMILES string of the molecule is Cn1c(NCc2ccccc2)nc2cnc(Nc3ccc(OC(F)(F)F)cc3)cc21. The maximum absolute atomic E-state index is 12.3. The summed E-state index contributed by atoms with van der Waals surface area (Å²) >= 11 is 0. The van der Waals surface area contributed by atoms with Crippen molar-refractivity contribution in [2.45, 2.75) is 12.9 Å². The van der Waals surface area contributed by atoms with Crippen LogP contribution in [0.25, 0.3) is 11.0 Å². The maximum Gasteiger partial charge on any atom is 0.573 e. The Morgan fingerprint density at radius 2 is 1.77 bits per heavy atom. The number of nitrogens with one attached hydrogen (secondary N) is 2. The number of ether oxygens (including phenoxy) is 1. The van der Waals surface area contributed by atoms with Crippen molar-refractivity contribution in [1.82, 2.24) is 14.5 Å². The fraction of sp³-hybridized carbons (Fsp3) is 0.143. The molecule has 0 atom stereocenters. The summed E-state index contributed by atoms with van der Waals surface area (Å²) in [5, 5.41) is 6.38. The summed E-state index contributed by atoms with van der Waals surface area (Å²) in [6.45, 7) is 0.642. The number of hydrogen-bond donors (Lipinski definition) is 2. The molecule has 0 aliphatic rings. The molecule has 2 aromatic carbocycles. The van der Waals surface area contributed by atoms with Gasteiger partial charge in [0.25, 0.3) is 0 Å². The van der Waals surface area contributed by atoms with Crippen LogP contribution in [0.2, 0.25) is 0 Å². The molecule has 0 radical (unpaired) electrons. The second-order valence-electron chi connectivity index (χ2n) is 6.59. The Morgan fingerprint density at radius 3 is 2.47 bits per heavy atom. The molecule has 0 saturated heterocycles. The number of halogens is 3. The summed E-state index contributed by atoms with van der Waals surface area (Å²) in [6.07, 6.45) is -3.07. The predicted octanol–water partition coefficient (Wildman–Crippen LogP) is 5.22. The third kappa shape index (κ3) is 4.62. The van der Waals surface area contributed by atoms with Crippen molar-refractivity contribution in [3.63, 3.8) is 0 Å². The Morgan fingerprint density at radius 1 is 1.03 bits per heavy atom. The van der Waals surface area contributed by atoms with E-state index in [9.17, 15) is 13.2 Å². The average molecular weight is 413 g/mol. The van der Waals surface area contributed by atoms with Gasteiger partial charge in [0.2, 0.25) is 5.95 Å². The van der Waals surface area contributed by atoms with Crippen LogP contribution in [-0.4, -0.2) is 20.9 Å². The molecule has 30 heavy (non-hydrogen) atoms. The van der Waals surface area contributed by atoms with Crippen molar-refractivity contribution in [2.75, 3.05) is 10.6 Å². The van der Waals surface area contributed by atoms with Crippen molar-refractivity contribution in [3.8, 4) is 5.75 Å². The zero-order chi connectivity index (χ0) is 21.1. The second kappa shape index (κ2) is 7.94. The highest BCUT2D eigenvalue weighted by molar-refractivity contribution is 5.81. The Bertz CT molecular complexity index is 1140. The molecule has 0 spiro atoms. The van der Waals surface area contributed by atoms with E-state index in [4.69, 9.17) is 0 Å². The fourth-order valence-corrected chi connectivity index (χ4v) is 2.99. The highest BCUT2D eigenvalue weighted by atomic mass is 19.4. The van der Waals surface area contributed by atoms with Crippen LogP contribution in [0.1, 0.15) is 5.56 Å². The van der Waals surface area contributed by atoms with Crippen LogP contribution in [0, 0.1) is 0 Å². The van der Waals surface area contributed by atoms with Crippen molar-refractivity contribution in [2.24, 2.45) is 7.05 Å². The minimum Gasteiger partial charge on any atom is -0.406 e. The first-order valence-corrected chi connectivity index (χ1v) is 9.10. The van der Waals surface area contributed by atoms with Gasteiger partial charge in [-0.2, -0.15) is 0 Å². The van der Waals surface area contributed by atoms with Gasteiger partial charge < -0.3 is 19.9 Å². The molecule has 2 aromatic heterocycles. The van der Waals surface area contributed by atoms with Gasteiger partial charge in [-0.25, -0.2) is 9.97 Å². The fourth-order valence-electron chi connectivity index (χ4n) is 2.99. The van der Waals surface area contributed by atoms with Gasteiger partial charge in [-0.05, 0) is 29.8 Å². The van der Waals surface area contributed by atoms with Gasteiger partial charge in [0.05, 0.1) is 11.7 Å². The third-order valence-corrected chi connectivity index (χ3v) is 4.42. The summed E-state index contributed by atoms with van der Waals surface area (Å²) in [4.78, 5) is 8.89. The molecule has 0 aliphatic heterocycles. The topological polar surface area (TPSA) is 64.0 Å². The average Bonchev–Trinajstić information content (AvgIpc) is 3.03. The van der Waals surface area contributed by atoms with E-state index in [2.05, 4.69) is 25.3 Å². The number of pyridine rings is 1. The van der Waals surface area contributed by atoms with Crippen LogP contribution in [0.5, 0.6) is 5.75 Å². The highest BCUT2D eigenvalue weighted by Gasteiger charge is 2.30. The van der Waals surface area contributed by atoms with Gasteiger partial charge in [-0.15, -0.1) is 13.2 Å². The van der Waals surface area contributed by atoms with Crippen molar-refractivity contribution in [1.29, 1.82) is 0 Å². The van der Waals surface area contributed by atoms with E-state index in [1.807, 2.05) is 48.0 Å². The summed E-state index contributed by atoms with van der Waals surface area (Å²) in [6, 6.07) is 17.3. The quantitative estimate of drug-likeness (QED) is 0.454. The van der Waals surface area contributed by atoms with Crippen molar-refractivity contribution in [3.05, 3.63) is 72.4 Å². The molecule has 4 aromatic rings. The van der Waals surface area contributed by atoms with E-state index in [1.54, 1.807) is 6.20 Å². The zero-order valence-electron chi connectivity index (χ0n) is 15.9. The van der Waals surface area contributed by atoms with Gasteiger partial charge in [0.1, 0.15) is 17.1 Å². The largest absolute Gasteiger partial charge is 0.573 e.